The van der Waals surface area contributed by atoms with E-state index in [1.807, 2.05) is 0 Å². The topological polar surface area (TPSA) is 58.6 Å². The van der Waals surface area contributed by atoms with E-state index in [2.05, 4.69) is 14.9 Å². The number of hydrogen-bond acceptors (Lipinski definition) is 5. The maximum Gasteiger partial charge on any atom is 0.230 e. The zero-order valence-electron chi connectivity index (χ0n) is 15.7. The summed E-state index contributed by atoms with van der Waals surface area (Å²) in [4.78, 5) is 25.3. The van der Waals surface area contributed by atoms with Crippen molar-refractivity contribution >= 4 is 11.7 Å². The Morgan fingerprint density at radius 3 is 2.89 bits per heavy atom. The number of benzene rings is 1. The van der Waals surface area contributed by atoms with Crippen molar-refractivity contribution in [2.75, 3.05) is 31.6 Å². The van der Waals surface area contributed by atoms with Gasteiger partial charge < -0.3 is 14.5 Å². The van der Waals surface area contributed by atoms with Crippen LogP contribution < -0.4 is 9.64 Å². The van der Waals surface area contributed by atoms with Crippen molar-refractivity contribution in [2.24, 2.45) is 5.41 Å². The van der Waals surface area contributed by atoms with Crippen molar-refractivity contribution < 1.29 is 18.3 Å². The maximum absolute atomic E-state index is 14.1. The van der Waals surface area contributed by atoms with Crippen LogP contribution in [-0.4, -0.2) is 47.5 Å². The van der Waals surface area contributed by atoms with Gasteiger partial charge in [0.1, 0.15) is 12.1 Å². The second kappa shape index (κ2) is 7.33. The Labute approximate surface area is 162 Å². The number of rotatable bonds is 4. The maximum atomic E-state index is 14.1. The first-order chi connectivity index (χ1) is 13.5. The molecule has 3 heterocycles. The highest BCUT2D eigenvalue weighted by Gasteiger charge is 2.48. The van der Waals surface area contributed by atoms with E-state index in [0.29, 0.717) is 31.9 Å². The van der Waals surface area contributed by atoms with E-state index >= 15 is 0 Å². The predicted molar refractivity (Wildman–Crippen MR) is 98.9 cm³/mol. The summed E-state index contributed by atoms with van der Waals surface area (Å²) in [5, 5.41) is 0. The molecule has 1 amide bonds. The van der Waals surface area contributed by atoms with Gasteiger partial charge in [-0.25, -0.2) is 18.7 Å². The van der Waals surface area contributed by atoms with Gasteiger partial charge in [0.25, 0.3) is 0 Å². The molecule has 2 aliphatic rings. The molecule has 0 unspecified atom stereocenters. The fourth-order valence-corrected chi connectivity index (χ4v) is 4.24. The van der Waals surface area contributed by atoms with Gasteiger partial charge in [-0.15, -0.1) is 0 Å². The molecule has 148 valence electrons. The molecule has 0 bridgehead atoms. The molecule has 2 fully saturated rings. The van der Waals surface area contributed by atoms with Crippen LogP contribution in [0.3, 0.4) is 0 Å². The first kappa shape index (κ1) is 18.6. The molecule has 1 aromatic heterocycles. The quantitative estimate of drug-likeness (QED) is 0.806. The molecule has 28 heavy (non-hydrogen) atoms. The first-order valence-electron chi connectivity index (χ1n) is 9.36. The van der Waals surface area contributed by atoms with Crippen molar-refractivity contribution in [1.82, 2.24) is 14.9 Å². The summed E-state index contributed by atoms with van der Waals surface area (Å²) in [5.41, 5.74) is -0.305. The second-order valence-corrected chi connectivity index (χ2v) is 7.41. The average Bonchev–Trinajstić information content (AvgIpc) is 3.14. The van der Waals surface area contributed by atoms with Gasteiger partial charge in [0.2, 0.25) is 11.8 Å². The zero-order chi connectivity index (χ0) is 19.7. The van der Waals surface area contributed by atoms with E-state index in [4.69, 9.17) is 4.74 Å². The van der Waals surface area contributed by atoms with Crippen molar-refractivity contribution in [3.63, 3.8) is 0 Å². The van der Waals surface area contributed by atoms with E-state index in [0.717, 1.165) is 24.7 Å². The number of aromatic nitrogens is 2. The van der Waals surface area contributed by atoms with Crippen LogP contribution in [0.1, 0.15) is 24.8 Å². The van der Waals surface area contributed by atoms with Gasteiger partial charge in [0.05, 0.1) is 12.5 Å². The van der Waals surface area contributed by atoms with E-state index in [-0.39, 0.29) is 18.0 Å². The van der Waals surface area contributed by atoms with Crippen molar-refractivity contribution in [3.8, 4) is 5.88 Å². The third-order valence-corrected chi connectivity index (χ3v) is 5.73. The molecule has 0 saturated carbocycles. The summed E-state index contributed by atoms with van der Waals surface area (Å²) in [5.74, 6) is -0.558. The Kier molecular flexibility index (Phi) is 4.87. The smallest absolute Gasteiger partial charge is 0.230 e. The van der Waals surface area contributed by atoms with Gasteiger partial charge in [-0.1, -0.05) is 12.1 Å². The van der Waals surface area contributed by atoms with Gasteiger partial charge in [-0.05, 0) is 25.3 Å². The standard InChI is InChI=1S/C20H22F2N4O2/c1-28-17-10-16(23-13-24-17)26-9-7-20(12-26)6-3-8-25(19(20)27)11-14-4-2-5-15(21)18(14)22/h2,4-5,10,13H,3,6-9,11-12H2,1H3/t20-/m1/s1. The summed E-state index contributed by atoms with van der Waals surface area (Å²) < 4.78 is 32.7. The van der Waals surface area contributed by atoms with E-state index < -0.39 is 17.0 Å². The lowest BCUT2D eigenvalue weighted by atomic mass is 9.78. The lowest BCUT2D eigenvalue weighted by molar-refractivity contribution is -0.145. The number of piperidine rings is 1. The van der Waals surface area contributed by atoms with Crippen LogP contribution in [0.15, 0.2) is 30.6 Å². The number of anilines is 1. The fraction of sp³-hybridized carbons (Fsp3) is 0.450. The minimum Gasteiger partial charge on any atom is -0.481 e. The molecular formula is C20H22F2N4O2. The lowest BCUT2D eigenvalue weighted by Crippen LogP contribution is -2.49. The number of methoxy groups -OCH3 is 1. The van der Waals surface area contributed by atoms with Gasteiger partial charge in [-0.3, -0.25) is 4.79 Å². The molecule has 4 rings (SSSR count). The molecule has 2 saturated heterocycles. The molecule has 6 nitrogen and oxygen atoms in total. The number of halogens is 2. The number of carbonyl (C=O) groups is 1. The van der Waals surface area contributed by atoms with Crippen LogP contribution in [0.2, 0.25) is 0 Å². The number of nitrogens with zero attached hydrogens (tertiary/aromatic N) is 4. The first-order valence-corrected chi connectivity index (χ1v) is 9.36. The Bertz CT molecular complexity index is 894. The highest BCUT2D eigenvalue weighted by atomic mass is 19.2. The summed E-state index contributed by atoms with van der Waals surface area (Å²) in [7, 11) is 1.55. The molecule has 0 aliphatic carbocycles. The Balaban J connectivity index is 1.52. The SMILES string of the molecule is COc1cc(N2CC[C@]3(CCCN(Cc4cccc(F)c4F)C3=O)C2)ncn1. The molecule has 2 aromatic rings. The van der Waals surface area contributed by atoms with Crippen LogP contribution in [0.5, 0.6) is 5.88 Å². The monoisotopic (exact) mass is 388 g/mol. The number of amides is 1. The van der Waals surface area contributed by atoms with Crippen LogP contribution >= 0.6 is 0 Å². The van der Waals surface area contributed by atoms with Crippen LogP contribution in [-0.2, 0) is 11.3 Å². The number of likely N-dealkylation sites (tertiary alicyclic amines) is 1. The molecule has 0 radical (unpaired) electrons. The molecule has 1 spiro atoms. The van der Waals surface area contributed by atoms with Crippen molar-refractivity contribution in [1.29, 1.82) is 0 Å². The Morgan fingerprint density at radius 1 is 1.21 bits per heavy atom. The van der Waals surface area contributed by atoms with E-state index in [1.165, 1.54) is 18.5 Å². The van der Waals surface area contributed by atoms with Gasteiger partial charge in [0, 0.05) is 37.8 Å². The van der Waals surface area contributed by atoms with Crippen molar-refractivity contribution in [2.45, 2.75) is 25.8 Å². The number of hydrogen-bond donors (Lipinski definition) is 0. The van der Waals surface area contributed by atoms with Crippen LogP contribution in [0.25, 0.3) is 0 Å². The molecule has 8 heteroatoms. The molecular weight excluding hydrogens is 366 g/mol. The third kappa shape index (κ3) is 3.27. The van der Waals surface area contributed by atoms with Crippen LogP contribution in [0.4, 0.5) is 14.6 Å². The fourth-order valence-electron chi connectivity index (χ4n) is 4.24. The van der Waals surface area contributed by atoms with E-state index in [1.54, 1.807) is 18.1 Å². The predicted octanol–water partition coefficient (Wildman–Crippen LogP) is 2.78. The number of ether oxygens (including phenoxy) is 1. The highest BCUT2D eigenvalue weighted by Crippen LogP contribution is 2.42. The highest BCUT2D eigenvalue weighted by molar-refractivity contribution is 5.85. The van der Waals surface area contributed by atoms with Gasteiger partial charge >= 0.3 is 0 Å². The number of carbonyl (C=O) groups excluding carboxylic acids is 1. The third-order valence-electron chi connectivity index (χ3n) is 5.73. The Morgan fingerprint density at radius 2 is 2.07 bits per heavy atom. The van der Waals surface area contributed by atoms with Gasteiger partial charge in [-0.2, -0.15) is 0 Å². The summed E-state index contributed by atoms with van der Waals surface area (Å²) in [6.07, 6.45) is 3.78. The molecule has 2 aliphatic heterocycles. The molecule has 1 aromatic carbocycles. The average molecular weight is 388 g/mol. The molecule has 1 atom stereocenters. The van der Waals surface area contributed by atoms with Crippen molar-refractivity contribution in [3.05, 3.63) is 47.8 Å². The summed E-state index contributed by atoms with van der Waals surface area (Å²) in [6.45, 7) is 1.89. The minimum atomic E-state index is -0.888. The lowest BCUT2D eigenvalue weighted by Gasteiger charge is -2.39. The normalized spacial score (nSPS) is 22.2. The van der Waals surface area contributed by atoms with Gasteiger partial charge in [0.15, 0.2) is 11.6 Å². The largest absolute Gasteiger partial charge is 0.481 e. The molecule has 0 N–H and O–H groups in total. The van der Waals surface area contributed by atoms with Crippen LogP contribution in [0, 0.1) is 17.0 Å². The minimum absolute atomic E-state index is 0.00549. The zero-order valence-corrected chi connectivity index (χ0v) is 15.7. The van der Waals surface area contributed by atoms with E-state index in [9.17, 15) is 13.6 Å². The Hall–Kier alpha value is -2.77. The summed E-state index contributed by atoms with van der Waals surface area (Å²) >= 11 is 0. The summed E-state index contributed by atoms with van der Waals surface area (Å²) in [6, 6.07) is 5.84. The second-order valence-electron chi connectivity index (χ2n) is 7.41.